The van der Waals surface area contributed by atoms with Gasteiger partial charge in [-0.05, 0) is 31.1 Å². The molecule has 0 bridgehead atoms. The summed E-state index contributed by atoms with van der Waals surface area (Å²) >= 11 is 0. The summed E-state index contributed by atoms with van der Waals surface area (Å²) < 4.78 is 0. The third kappa shape index (κ3) is 2.10. The van der Waals surface area contributed by atoms with E-state index in [1.165, 1.54) is 19.3 Å². The molecule has 3 rings (SSSR count). The first-order chi connectivity index (χ1) is 8.84. The Labute approximate surface area is 106 Å². The topological polar surface area (TPSA) is 57.2 Å². The normalized spacial score (nSPS) is 23.2. The molecule has 18 heavy (non-hydrogen) atoms. The first-order valence-corrected chi connectivity index (χ1v) is 6.58. The van der Waals surface area contributed by atoms with Crippen LogP contribution in [0.2, 0.25) is 0 Å². The molecule has 2 heterocycles. The van der Waals surface area contributed by atoms with Crippen LogP contribution in [0.1, 0.15) is 37.8 Å². The van der Waals surface area contributed by atoms with E-state index >= 15 is 0 Å². The van der Waals surface area contributed by atoms with Crippen molar-refractivity contribution in [2.45, 2.75) is 32.1 Å². The van der Waals surface area contributed by atoms with Gasteiger partial charge in [0.25, 0.3) is 5.91 Å². The van der Waals surface area contributed by atoms with E-state index in [-0.39, 0.29) is 5.91 Å². The smallest absolute Gasteiger partial charge is 0.273 e. The van der Waals surface area contributed by atoms with Crippen molar-refractivity contribution in [1.29, 1.82) is 0 Å². The third-order valence-electron chi connectivity index (χ3n) is 3.71. The lowest BCUT2D eigenvalue weighted by atomic mass is 9.83. The third-order valence-corrected chi connectivity index (χ3v) is 3.71. The lowest BCUT2D eigenvalue weighted by Crippen LogP contribution is -2.20. The molecule has 1 aliphatic carbocycles. The van der Waals surface area contributed by atoms with Gasteiger partial charge in [0.15, 0.2) is 0 Å². The highest BCUT2D eigenvalue weighted by molar-refractivity contribution is 6.28. The largest absolute Gasteiger partial charge is 0.362 e. The summed E-state index contributed by atoms with van der Waals surface area (Å²) in [6, 6.07) is 3.88. The molecule has 4 heteroatoms. The molecule has 2 N–H and O–H groups in total. The molecule has 0 spiro atoms. The van der Waals surface area contributed by atoms with Crippen LogP contribution in [0.15, 0.2) is 29.0 Å². The van der Waals surface area contributed by atoms with Crippen LogP contribution in [0, 0.1) is 5.92 Å². The van der Waals surface area contributed by atoms with Crippen molar-refractivity contribution >= 4 is 17.7 Å². The molecule has 1 aromatic heterocycles. The van der Waals surface area contributed by atoms with Crippen LogP contribution in [-0.2, 0) is 4.79 Å². The van der Waals surface area contributed by atoms with E-state index in [2.05, 4.69) is 15.5 Å². The molecule has 0 aromatic carbocycles. The van der Waals surface area contributed by atoms with Crippen LogP contribution >= 0.6 is 0 Å². The van der Waals surface area contributed by atoms with Crippen LogP contribution in [0.4, 0.5) is 0 Å². The zero-order chi connectivity index (χ0) is 12.4. The molecule has 0 unspecified atom stereocenters. The van der Waals surface area contributed by atoms with Crippen molar-refractivity contribution < 1.29 is 4.79 Å². The lowest BCUT2D eigenvalue weighted by Gasteiger charge is -2.21. The summed E-state index contributed by atoms with van der Waals surface area (Å²) in [7, 11) is 0. The summed E-state index contributed by atoms with van der Waals surface area (Å²) in [5.74, 6) is 0.365. The second kappa shape index (κ2) is 4.80. The van der Waals surface area contributed by atoms with Gasteiger partial charge in [0.1, 0.15) is 0 Å². The number of aromatic nitrogens is 1. The highest BCUT2D eigenvalue weighted by Crippen LogP contribution is 2.29. The summed E-state index contributed by atoms with van der Waals surface area (Å²) in [4.78, 5) is 14.9. The molecule has 0 saturated heterocycles. The second-order valence-corrected chi connectivity index (χ2v) is 4.96. The van der Waals surface area contributed by atoms with Gasteiger partial charge in [-0.1, -0.05) is 19.3 Å². The van der Waals surface area contributed by atoms with Crippen molar-refractivity contribution in [2.24, 2.45) is 11.0 Å². The summed E-state index contributed by atoms with van der Waals surface area (Å²) in [6.07, 6.45) is 9.85. The Hall–Kier alpha value is -1.84. The molecule has 2 aliphatic rings. The Morgan fingerprint density at radius 1 is 1.28 bits per heavy atom. The number of rotatable bonds is 2. The van der Waals surface area contributed by atoms with Gasteiger partial charge in [-0.2, -0.15) is 5.10 Å². The number of nitrogens with zero attached hydrogens (tertiary/aromatic N) is 1. The molecule has 94 valence electrons. The van der Waals surface area contributed by atoms with Crippen molar-refractivity contribution in [3.63, 3.8) is 0 Å². The van der Waals surface area contributed by atoms with Crippen molar-refractivity contribution in [3.05, 3.63) is 29.6 Å². The number of aromatic amines is 1. The second-order valence-electron chi connectivity index (χ2n) is 4.96. The van der Waals surface area contributed by atoms with E-state index in [1.54, 1.807) is 0 Å². The Balaban J connectivity index is 1.86. The van der Waals surface area contributed by atoms with E-state index < -0.39 is 0 Å². The molecule has 4 nitrogen and oxygen atoms in total. The SMILES string of the molecule is O=C1NN=C(C2CCCCC2)/C1=C\c1ccc[nH]1. The minimum Gasteiger partial charge on any atom is -0.362 e. The number of hydrazone groups is 1. The van der Waals surface area contributed by atoms with Gasteiger partial charge in [0.2, 0.25) is 0 Å². The molecule has 1 saturated carbocycles. The van der Waals surface area contributed by atoms with E-state index in [4.69, 9.17) is 0 Å². The van der Waals surface area contributed by atoms with Crippen LogP contribution in [-0.4, -0.2) is 16.6 Å². The van der Waals surface area contributed by atoms with Crippen LogP contribution in [0.25, 0.3) is 6.08 Å². The Kier molecular flexibility index (Phi) is 3.00. The van der Waals surface area contributed by atoms with Crippen molar-refractivity contribution in [2.75, 3.05) is 0 Å². The van der Waals surface area contributed by atoms with Crippen molar-refractivity contribution in [1.82, 2.24) is 10.4 Å². The average molecular weight is 243 g/mol. The number of carbonyl (C=O) groups excluding carboxylic acids is 1. The fraction of sp³-hybridized carbons (Fsp3) is 0.429. The van der Waals surface area contributed by atoms with Gasteiger partial charge in [-0.15, -0.1) is 0 Å². The van der Waals surface area contributed by atoms with Crippen LogP contribution in [0.3, 0.4) is 0 Å². The van der Waals surface area contributed by atoms with Gasteiger partial charge in [0.05, 0.1) is 11.3 Å². The highest BCUT2D eigenvalue weighted by Gasteiger charge is 2.30. The number of amides is 1. The molecule has 1 aromatic rings. The van der Waals surface area contributed by atoms with Gasteiger partial charge in [-0.3, -0.25) is 4.79 Å². The zero-order valence-electron chi connectivity index (χ0n) is 10.3. The number of carbonyl (C=O) groups is 1. The molecule has 0 atom stereocenters. The standard InChI is InChI=1S/C14H17N3O/c18-14-12(9-11-7-4-8-15-11)13(16-17-14)10-5-2-1-3-6-10/h4,7-10,15H,1-3,5-6H2,(H,17,18)/b12-9+. The van der Waals surface area contributed by atoms with E-state index in [9.17, 15) is 4.79 Å². The maximum absolute atomic E-state index is 11.8. The number of H-pyrrole nitrogens is 1. The summed E-state index contributed by atoms with van der Waals surface area (Å²) in [5.41, 5.74) is 5.23. The van der Waals surface area contributed by atoms with Gasteiger partial charge in [0, 0.05) is 17.8 Å². The van der Waals surface area contributed by atoms with Crippen LogP contribution in [0.5, 0.6) is 0 Å². The maximum atomic E-state index is 11.8. The number of hydrogen-bond acceptors (Lipinski definition) is 2. The fourth-order valence-corrected chi connectivity index (χ4v) is 2.76. The molecule has 1 fully saturated rings. The summed E-state index contributed by atoms with van der Waals surface area (Å²) in [5, 5.41) is 4.24. The average Bonchev–Trinajstić information content (AvgIpc) is 3.03. The Morgan fingerprint density at radius 2 is 2.11 bits per heavy atom. The van der Waals surface area contributed by atoms with Gasteiger partial charge >= 0.3 is 0 Å². The Morgan fingerprint density at radius 3 is 2.83 bits per heavy atom. The molecular weight excluding hydrogens is 226 g/mol. The van der Waals surface area contributed by atoms with Gasteiger partial charge < -0.3 is 4.98 Å². The Bertz CT molecular complexity index is 493. The quantitative estimate of drug-likeness (QED) is 0.770. The molecule has 1 amide bonds. The van der Waals surface area contributed by atoms with E-state index in [0.29, 0.717) is 5.92 Å². The molecular formula is C14H17N3O. The first kappa shape index (κ1) is 11.3. The monoisotopic (exact) mass is 243 g/mol. The maximum Gasteiger partial charge on any atom is 0.273 e. The zero-order valence-corrected chi connectivity index (χ0v) is 10.3. The molecule has 1 aliphatic heterocycles. The minimum atomic E-state index is -0.0785. The van der Waals surface area contributed by atoms with E-state index in [1.807, 2.05) is 24.4 Å². The predicted octanol–water partition coefficient (Wildman–Crippen LogP) is 2.46. The predicted molar refractivity (Wildman–Crippen MR) is 70.9 cm³/mol. The van der Waals surface area contributed by atoms with Crippen molar-refractivity contribution in [3.8, 4) is 0 Å². The van der Waals surface area contributed by atoms with Gasteiger partial charge in [-0.25, -0.2) is 5.43 Å². The van der Waals surface area contributed by atoms with Crippen LogP contribution < -0.4 is 5.43 Å². The highest BCUT2D eigenvalue weighted by atomic mass is 16.2. The number of hydrogen-bond donors (Lipinski definition) is 2. The molecule has 0 radical (unpaired) electrons. The van der Waals surface area contributed by atoms with E-state index in [0.717, 1.165) is 29.8 Å². The minimum absolute atomic E-state index is 0.0785. The fourth-order valence-electron chi connectivity index (χ4n) is 2.76. The number of nitrogens with one attached hydrogen (secondary N) is 2. The first-order valence-electron chi connectivity index (χ1n) is 6.58. The summed E-state index contributed by atoms with van der Waals surface area (Å²) in [6.45, 7) is 0. The lowest BCUT2D eigenvalue weighted by molar-refractivity contribution is -0.116.